The molecule has 0 amide bonds. The third-order valence-electron chi connectivity index (χ3n) is 1.75. The molecule has 2 heteroatoms. The molecule has 9 heavy (non-hydrogen) atoms. The van der Waals surface area contributed by atoms with Gasteiger partial charge in [-0.2, -0.15) is 0 Å². The van der Waals surface area contributed by atoms with Gasteiger partial charge < -0.3 is 10.6 Å². The highest BCUT2D eigenvalue weighted by Crippen LogP contribution is 1.99. The first-order chi connectivity index (χ1) is 4.43. The van der Waals surface area contributed by atoms with Gasteiger partial charge in [-0.1, -0.05) is 19.8 Å². The summed E-state index contributed by atoms with van der Waals surface area (Å²) < 4.78 is 0. The summed E-state index contributed by atoms with van der Waals surface area (Å²) >= 11 is 0. The lowest BCUT2D eigenvalue weighted by atomic mass is 10.2. The molecule has 2 nitrogen and oxygen atoms in total. The molecule has 0 atom stereocenters. The molecule has 1 rings (SSSR count). The Morgan fingerprint density at radius 3 is 2.56 bits per heavy atom. The molecule has 54 valence electrons. The maximum Gasteiger partial charge on any atom is 0.0572 e. The van der Waals surface area contributed by atoms with Crippen LogP contribution >= 0.6 is 0 Å². The van der Waals surface area contributed by atoms with Gasteiger partial charge in [0.1, 0.15) is 0 Å². The van der Waals surface area contributed by atoms with Crippen LogP contribution in [-0.2, 0) is 0 Å². The zero-order chi connectivity index (χ0) is 6.53. The zero-order valence-electron chi connectivity index (χ0n) is 6.11. The number of hydrogen-bond acceptors (Lipinski definition) is 2. The normalized spacial score (nSPS) is 21.0. The average Bonchev–Trinajstić information content (AvgIpc) is 2.34. The van der Waals surface area contributed by atoms with E-state index >= 15 is 0 Å². The van der Waals surface area contributed by atoms with Crippen LogP contribution in [-0.4, -0.2) is 19.3 Å². The minimum Gasteiger partial charge on any atom is -0.301 e. The molecular weight excluding hydrogens is 112 g/mol. The van der Waals surface area contributed by atoms with Gasteiger partial charge in [-0.3, -0.25) is 0 Å². The second kappa shape index (κ2) is 3.85. The van der Waals surface area contributed by atoms with E-state index < -0.39 is 0 Å². The summed E-state index contributed by atoms with van der Waals surface area (Å²) in [6, 6.07) is 0. The fraction of sp³-hybridized carbons (Fsp3) is 1.00. The fourth-order valence-electron chi connectivity index (χ4n) is 1.18. The molecule has 1 aliphatic rings. The molecule has 1 fully saturated rings. The van der Waals surface area contributed by atoms with Crippen molar-refractivity contribution in [1.29, 1.82) is 0 Å². The third kappa shape index (κ3) is 2.33. The quantitative estimate of drug-likeness (QED) is 0.584. The first-order valence-electron chi connectivity index (χ1n) is 3.90. The number of nitrogens with one attached hydrogen (secondary N) is 2. The van der Waals surface area contributed by atoms with Crippen molar-refractivity contribution in [3.63, 3.8) is 0 Å². The Hall–Kier alpha value is -0.0800. The minimum absolute atomic E-state index is 0.616. The lowest BCUT2D eigenvalue weighted by Gasteiger charge is -2.08. The molecule has 0 aromatic heterocycles. The first kappa shape index (κ1) is 7.03. The van der Waals surface area contributed by atoms with Gasteiger partial charge in [0.15, 0.2) is 0 Å². The predicted octanol–water partition coefficient (Wildman–Crippen LogP) is 0.696. The lowest BCUT2D eigenvalue weighted by Crippen LogP contribution is -2.30. The fourth-order valence-corrected chi connectivity index (χ4v) is 1.18. The van der Waals surface area contributed by atoms with E-state index in [9.17, 15) is 0 Å². The first-order valence-corrected chi connectivity index (χ1v) is 3.90. The van der Waals surface area contributed by atoms with Crippen molar-refractivity contribution in [3.05, 3.63) is 0 Å². The Balaban J connectivity index is 1.98. The largest absolute Gasteiger partial charge is 0.301 e. The summed E-state index contributed by atoms with van der Waals surface area (Å²) in [5.74, 6) is 0. The van der Waals surface area contributed by atoms with Crippen molar-refractivity contribution in [2.24, 2.45) is 0 Å². The van der Waals surface area contributed by atoms with Crippen molar-refractivity contribution in [2.45, 2.75) is 32.4 Å². The van der Waals surface area contributed by atoms with Gasteiger partial charge in [0.05, 0.1) is 6.17 Å². The maximum atomic E-state index is 3.38. The van der Waals surface area contributed by atoms with E-state index in [1.165, 1.54) is 19.3 Å². The third-order valence-corrected chi connectivity index (χ3v) is 1.75. The molecular formula is C7H16N2. The van der Waals surface area contributed by atoms with Gasteiger partial charge in [-0.15, -0.1) is 0 Å². The van der Waals surface area contributed by atoms with Crippen LogP contribution < -0.4 is 10.6 Å². The van der Waals surface area contributed by atoms with Crippen molar-refractivity contribution in [2.75, 3.05) is 13.1 Å². The van der Waals surface area contributed by atoms with Crippen LogP contribution in [0.4, 0.5) is 0 Å². The molecule has 0 unspecified atom stereocenters. The van der Waals surface area contributed by atoms with E-state index in [-0.39, 0.29) is 0 Å². The summed E-state index contributed by atoms with van der Waals surface area (Å²) in [4.78, 5) is 0. The monoisotopic (exact) mass is 128 g/mol. The van der Waals surface area contributed by atoms with Crippen LogP contribution in [0.5, 0.6) is 0 Å². The SMILES string of the molecule is CCCCC1NCCN1. The highest BCUT2D eigenvalue weighted by molar-refractivity contribution is 4.71. The average molecular weight is 128 g/mol. The molecule has 0 aromatic carbocycles. The van der Waals surface area contributed by atoms with Crippen LogP contribution in [0, 0.1) is 0 Å². The Labute approximate surface area is 57.0 Å². The molecule has 0 aromatic rings. The summed E-state index contributed by atoms with van der Waals surface area (Å²) in [6.07, 6.45) is 4.55. The molecule has 0 saturated carbocycles. The summed E-state index contributed by atoms with van der Waals surface area (Å²) in [5.41, 5.74) is 0. The number of unbranched alkanes of at least 4 members (excludes halogenated alkanes) is 1. The van der Waals surface area contributed by atoms with Crippen LogP contribution in [0.25, 0.3) is 0 Å². The summed E-state index contributed by atoms with van der Waals surface area (Å²) in [6.45, 7) is 4.53. The standard InChI is InChI=1S/C7H16N2/c1-2-3-4-7-8-5-6-9-7/h7-9H,2-6H2,1H3. The van der Waals surface area contributed by atoms with E-state index in [0.717, 1.165) is 13.1 Å². The molecule has 0 aliphatic carbocycles. The smallest absolute Gasteiger partial charge is 0.0572 e. The van der Waals surface area contributed by atoms with E-state index in [0.29, 0.717) is 6.17 Å². The second-order valence-corrected chi connectivity index (χ2v) is 2.60. The minimum atomic E-state index is 0.616. The molecule has 1 aliphatic heterocycles. The van der Waals surface area contributed by atoms with Gasteiger partial charge >= 0.3 is 0 Å². The van der Waals surface area contributed by atoms with Crippen molar-refractivity contribution in [3.8, 4) is 0 Å². The molecule has 1 heterocycles. The zero-order valence-corrected chi connectivity index (χ0v) is 6.11. The van der Waals surface area contributed by atoms with Gasteiger partial charge in [0.25, 0.3) is 0 Å². The lowest BCUT2D eigenvalue weighted by molar-refractivity contribution is 0.492. The number of hydrogen-bond donors (Lipinski definition) is 2. The number of rotatable bonds is 3. The topological polar surface area (TPSA) is 24.1 Å². The van der Waals surface area contributed by atoms with E-state index in [1.807, 2.05) is 0 Å². The van der Waals surface area contributed by atoms with Crippen LogP contribution in [0.1, 0.15) is 26.2 Å². The van der Waals surface area contributed by atoms with Crippen molar-refractivity contribution >= 4 is 0 Å². The highest BCUT2D eigenvalue weighted by atomic mass is 15.2. The molecule has 0 bridgehead atoms. The van der Waals surface area contributed by atoms with Gasteiger partial charge in [0, 0.05) is 13.1 Å². The van der Waals surface area contributed by atoms with Gasteiger partial charge in [-0.25, -0.2) is 0 Å². The van der Waals surface area contributed by atoms with Crippen molar-refractivity contribution < 1.29 is 0 Å². The van der Waals surface area contributed by atoms with Crippen LogP contribution in [0.15, 0.2) is 0 Å². The summed E-state index contributed by atoms with van der Waals surface area (Å²) in [5, 5.41) is 6.76. The molecule has 0 radical (unpaired) electrons. The Morgan fingerprint density at radius 1 is 1.33 bits per heavy atom. The Bertz CT molecular complexity index is 67.3. The van der Waals surface area contributed by atoms with E-state index in [2.05, 4.69) is 17.6 Å². The van der Waals surface area contributed by atoms with Crippen molar-refractivity contribution in [1.82, 2.24) is 10.6 Å². The van der Waals surface area contributed by atoms with Gasteiger partial charge in [0.2, 0.25) is 0 Å². The predicted molar refractivity (Wildman–Crippen MR) is 39.3 cm³/mol. The van der Waals surface area contributed by atoms with E-state index in [4.69, 9.17) is 0 Å². The molecule has 2 N–H and O–H groups in total. The second-order valence-electron chi connectivity index (χ2n) is 2.60. The summed E-state index contributed by atoms with van der Waals surface area (Å²) in [7, 11) is 0. The Kier molecular flexibility index (Phi) is 3.01. The Morgan fingerprint density at radius 2 is 2.00 bits per heavy atom. The maximum absolute atomic E-state index is 3.38. The van der Waals surface area contributed by atoms with Crippen LogP contribution in [0.2, 0.25) is 0 Å². The van der Waals surface area contributed by atoms with E-state index in [1.54, 1.807) is 0 Å². The molecule has 1 saturated heterocycles. The highest BCUT2D eigenvalue weighted by Gasteiger charge is 2.10. The van der Waals surface area contributed by atoms with Crippen LogP contribution in [0.3, 0.4) is 0 Å². The van der Waals surface area contributed by atoms with Gasteiger partial charge in [-0.05, 0) is 6.42 Å². The molecule has 0 spiro atoms.